The Labute approximate surface area is 105 Å². The Hall–Kier alpha value is -0.740. The van der Waals surface area contributed by atoms with Gasteiger partial charge in [0.25, 0.3) is 0 Å². The standard InChI is InChI=1S/C12H19BrN2O/c1-4-15(8-12(2,3)16)11-7-9(13)5-6-10(11)14/h5-7,16H,4,8,14H2,1-3H3. The summed E-state index contributed by atoms with van der Waals surface area (Å²) in [7, 11) is 0. The van der Waals surface area contributed by atoms with Crippen LogP contribution in [0.3, 0.4) is 0 Å². The lowest BCUT2D eigenvalue weighted by Crippen LogP contribution is -2.38. The van der Waals surface area contributed by atoms with Gasteiger partial charge in [0.2, 0.25) is 0 Å². The van der Waals surface area contributed by atoms with Crippen LogP contribution >= 0.6 is 15.9 Å². The molecule has 1 rings (SSSR count). The Morgan fingerprint density at radius 2 is 2.06 bits per heavy atom. The zero-order valence-electron chi connectivity index (χ0n) is 10.00. The number of nitrogens with zero attached hydrogens (tertiary/aromatic N) is 1. The van der Waals surface area contributed by atoms with E-state index in [-0.39, 0.29) is 0 Å². The van der Waals surface area contributed by atoms with Crippen LogP contribution in [0.15, 0.2) is 22.7 Å². The lowest BCUT2D eigenvalue weighted by Gasteiger charge is -2.30. The van der Waals surface area contributed by atoms with Crippen molar-refractivity contribution in [2.24, 2.45) is 0 Å². The maximum atomic E-state index is 9.85. The summed E-state index contributed by atoms with van der Waals surface area (Å²) in [5.41, 5.74) is 6.90. The summed E-state index contributed by atoms with van der Waals surface area (Å²) in [6.45, 7) is 7.01. The fourth-order valence-electron chi connectivity index (χ4n) is 1.63. The number of likely N-dealkylation sites (N-methyl/N-ethyl adjacent to an activating group) is 1. The van der Waals surface area contributed by atoms with E-state index in [0.717, 1.165) is 22.4 Å². The molecule has 0 saturated heterocycles. The largest absolute Gasteiger partial charge is 0.397 e. The van der Waals surface area contributed by atoms with Crippen LogP contribution in [-0.4, -0.2) is 23.8 Å². The minimum atomic E-state index is -0.731. The van der Waals surface area contributed by atoms with Crippen LogP contribution in [0.5, 0.6) is 0 Å². The molecule has 90 valence electrons. The van der Waals surface area contributed by atoms with Crippen LogP contribution in [0, 0.1) is 0 Å². The molecule has 0 aliphatic carbocycles. The van der Waals surface area contributed by atoms with Crippen molar-refractivity contribution in [3.8, 4) is 0 Å². The molecule has 16 heavy (non-hydrogen) atoms. The highest BCUT2D eigenvalue weighted by atomic mass is 79.9. The van der Waals surface area contributed by atoms with E-state index < -0.39 is 5.60 Å². The first-order valence-corrected chi connectivity index (χ1v) is 6.15. The molecular formula is C12H19BrN2O. The van der Waals surface area contributed by atoms with Gasteiger partial charge in [-0.15, -0.1) is 0 Å². The van der Waals surface area contributed by atoms with E-state index in [1.165, 1.54) is 0 Å². The molecule has 0 aromatic heterocycles. The number of nitrogens with two attached hydrogens (primary N) is 1. The Morgan fingerprint density at radius 3 is 2.56 bits per heavy atom. The predicted octanol–water partition coefficient (Wildman–Crippen LogP) is 2.63. The molecule has 3 N–H and O–H groups in total. The first-order valence-electron chi connectivity index (χ1n) is 5.36. The summed E-state index contributed by atoms with van der Waals surface area (Å²) >= 11 is 3.43. The van der Waals surface area contributed by atoms with E-state index in [2.05, 4.69) is 20.8 Å². The fourth-order valence-corrected chi connectivity index (χ4v) is 1.97. The van der Waals surface area contributed by atoms with Gasteiger partial charge in [-0.2, -0.15) is 0 Å². The molecule has 0 saturated carbocycles. The number of halogens is 1. The van der Waals surface area contributed by atoms with E-state index in [1.54, 1.807) is 13.8 Å². The third-order valence-electron chi connectivity index (χ3n) is 2.29. The van der Waals surface area contributed by atoms with Crippen molar-refractivity contribution in [2.75, 3.05) is 23.7 Å². The molecule has 0 amide bonds. The third-order valence-corrected chi connectivity index (χ3v) is 2.79. The molecule has 0 heterocycles. The third kappa shape index (κ3) is 3.68. The number of rotatable bonds is 4. The van der Waals surface area contributed by atoms with Crippen molar-refractivity contribution in [2.45, 2.75) is 26.4 Å². The summed E-state index contributed by atoms with van der Waals surface area (Å²) < 4.78 is 0.992. The lowest BCUT2D eigenvalue weighted by atomic mass is 10.1. The van der Waals surface area contributed by atoms with Gasteiger partial charge in [-0.25, -0.2) is 0 Å². The summed E-state index contributed by atoms with van der Waals surface area (Å²) in [4.78, 5) is 2.07. The first-order chi connectivity index (χ1) is 7.33. The van der Waals surface area contributed by atoms with Crippen molar-refractivity contribution < 1.29 is 5.11 Å². The van der Waals surface area contributed by atoms with E-state index >= 15 is 0 Å². The topological polar surface area (TPSA) is 49.5 Å². The van der Waals surface area contributed by atoms with Gasteiger partial charge in [0.1, 0.15) is 0 Å². The predicted molar refractivity (Wildman–Crippen MR) is 72.7 cm³/mol. The Balaban J connectivity index is 2.99. The summed E-state index contributed by atoms with van der Waals surface area (Å²) in [6, 6.07) is 5.76. The van der Waals surface area contributed by atoms with Crippen LogP contribution in [0.25, 0.3) is 0 Å². The van der Waals surface area contributed by atoms with E-state index in [4.69, 9.17) is 5.73 Å². The molecule has 4 heteroatoms. The Bertz CT molecular complexity index is 361. The van der Waals surface area contributed by atoms with Crippen LogP contribution in [0.1, 0.15) is 20.8 Å². The second-order valence-corrected chi connectivity index (χ2v) is 5.45. The number of aliphatic hydroxyl groups is 1. The molecule has 0 aliphatic heterocycles. The quantitative estimate of drug-likeness (QED) is 0.837. The normalized spacial score (nSPS) is 11.6. The maximum Gasteiger partial charge on any atom is 0.0765 e. The first kappa shape index (κ1) is 13.3. The van der Waals surface area contributed by atoms with Gasteiger partial charge in [0.15, 0.2) is 0 Å². The van der Waals surface area contributed by atoms with Crippen LogP contribution < -0.4 is 10.6 Å². The highest BCUT2D eigenvalue weighted by Gasteiger charge is 2.19. The van der Waals surface area contributed by atoms with Crippen LogP contribution in [-0.2, 0) is 0 Å². The molecule has 0 fully saturated rings. The monoisotopic (exact) mass is 286 g/mol. The average Bonchev–Trinajstić information content (AvgIpc) is 2.17. The highest BCUT2D eigenvalue weighted by molar-refractivity contribution is 9.10. The zero-order valence-corrected chi connectivity index (χ0v) is 11.6. The van der Waals surface area contributed by atoms with E-state index in [9.17, 15) is 5.11 Å². The van der Waals surface area contributed by atoms with Crippen molar-refractivity contribution in [1.82, 2.24) is 0 Å². The van der Waals surface area contributed by atoms with Gasteiger partial charge >= 0.3 is 0 Å². The smallest absolute Gasteiger partial charge is 0.0765 e. The molecule has 0 aliphatic rings. The van der Waals surface area contributed by atoms with Crippen LogP contribution in [0.2, 0.25) is 0 Å². The number of nitrogen functional groups attached to an aromatic ring is 1. The van der Waals surface area contributed by atoms with Gasteiger partial charge in [0, 0.05) is 17.6 Å². The molecule has 0 spiro atoms. The summed E-state index contributed by atoms with van der Waals surface area (Å²) in [5, 5.41) is 9.85. The van der Waals surface area contributed by atoms with Gasteiger partial charge in [-0.3, -0.25) is 0 Å². The average molecular weight is 287 g/mol. The number of hydrogen-bond acceptors (Lipinski definition) is 3. The number of benzene rings is 1. The summed E-state index contributed by atoms with van der Waals surface area (Å²) in [5.74, 6) is 0. The second kappa shape index (κ2) is 5.06. The van der Waals surface area contributed by atoms with E-state index in [0.29, 0.717) is 6.54 Å². The van der Waals surface area contributed by atoms with Crippen molar-refractivity contribution in [3.63, 3.8) is 0 Å². The molecule has 1 aromatic carbocycles. The van der Waals surface area contributed by atoms with Crippen molar-refractivity contribution in [1.29, 1.82) is 0 Å². The van der Waals surface area contributed by atoms with Gasteiger partial charge in [0.05, 0.1) is 17.0 Å². The highest BCUT2D eigenvalue weighted by Crippen LogP contribution is 2.28. The molecule has 0 radical (unpaired) electrons. The number of hydrogen-bond donors (Lipinski definition) is 2. The maximum absolute atomic E-state index is 9.85. The van der Waals surface area contributed by atoms with Gasteiger partial charge in [-0.05, 0) is 39.0 Å². The zero-order chi connectivity index (χ0) is 12.3. The lowest BCUT2D eigenvalue weighted by molar-refractivity contribution is 0.0876. The second-order valence-electron chi connectivity index (χ2n) is 4.53. The SMILES string of the molecule is CCN(CC(C)(C)O)c1cc(Br)ccc1N. The molecule has 0 unspecified atom stereocenters. The molecule has 0 atom stereocenters. The Kier molecular flexibility index (Phi) is 4.21. The Morgan fingerprint density at radius 1 is 1.44 bits per heavy atom. The molecular weight excluding hydrogens is 268 g/mol. The fraction of sp³-hybridized carbons (Fsp3) is 0.500. The van der Waals surface area contributed by atoms with Crippen LogP contribution in [0.4, 0.5) is 11.4 Å². The minimum Gasteiger partial charge on any atom is -0.397 e. The van der Waals surface area contributed by atoms with Gasteiger partial charge in [-0.1, -0.05) is 15.9 Å². The van der Waals surface area contributed by atoms with Gasteiger partial charge < -0.3 is 15.7 Å². The van der Waals surface area contributed by atoms with E-state index in [1.807, 2.05) is 25.1 Å². The van der Waals surface area contributed by atoms with Crippen molar-refractivity contribution >= 4 is 27.3 Å². The number of anilines is 2. The molecule has 3 nitrogen and oxygen atoms in total. The molecule has 0 bridgehead atoms. The minimum absolute atomic E-state index is 0.560. The van der Waals surface area contributed by atoms with Crippen molar-refractivity contribution in [3.05, 3.63) is 22.7 Å². The molecule has 1 aromatic rings. The summed E-state index contributed by atoms with van der Waals surface area (Å²) in [6.07, 6.45) is 0.